The maximum absolute atomic E-state index is 5.94. The minimum atomic E-state index is 0.277. The molecule has 0 atom stereocenters. The fourth-order valence-electron chi connectivity index (χ4n) is 1.74. The largest absolute Gasteiger partial charge is 0.319 e. The molecule has 0 aliphatic rings. The van der Waals surface area contributed by atoms with Crippen molar-refractivity contribution < 1.29 is 0 Å². The van der Waals surface area contributed by atoms with E-state index in [4.69, 9.17) is 11.6 Å². The molecule has 1 aromatic carbocycles. The summed E-state index contributed by atoms with van der Waals surface area (Å²) in [5.41, 5.74) is 1.58. The summed E-state index contributed by atoms with van der Waals surface area (Å²) in [6, 6.07) is 8.09. The molecule has 0 heterocycles. The van der Waals surface area contributed by atoms with Crippen LogP contribution in [-0.2, 0) is 6.42 Å². The van der Waals surface area contributed by atoms with E-state index in [0.717, 1.165) is 18.0 Å². The second kappa shape index (κ2) is 4.81. The summed E-state index contributed by atoms with van der Waals surface area (Å²) in [4.78, 5) is 0. The highest BCUT2D eigenvalue weighted by molar-refractivity contribution is 6.30. The van der Waals surface area contributed by atoms with E-state index in [2.05, 4.69) is 25.2 Å². The first kappa shape index (κ1) is 11.5. The zero-order valence-corrected chi connectivity index (χ0v) is 9.86. The molecule has 0 saturated carbocycles. The van der Waals surface area contributed by atoms with Crippen LogP contribution in [0.5, 0.6) is 0 Å². The first-order valence-electron chi connectivity index (χ1n) is 4.92. The lowest BCUT2D eigenvalue weighted by atomic mass is 9.86. The van der Waals surface area contributed by atoms with E-state index in [1.54, 1.807) is 0 Å². The molecule has 2 heteroatoms. The third kappa shape index (κ3) is 3.69. The van der Waals surface area contributed by atoms with Gasteiger partial charge in [-0.2, -0.15) is 0 Å². The first-order chi connectivity index (χ1) is 6.53. The van der Waals surface area contributed by atoms with Crippen LogP contribution in [0.15, 0.2) is 24.3 Å². The average molecular weight is 212 g/mol. The van der Waals surface area contributed by atoms with Gasteiger partial charge in [-0.05, 0) is 36.6 Å². The van der Waals surface area contributed by atoms with Crippen molar-refractivity contribution in [2.75, 3.05) is 13.6 Å². The molecule has 0 unspecified atom stereocenters. The van der Waals surface area contributed by atoms with Gasteiger partial charge in [0.15, 0.2) is 0 Å². The molecule has 1 aromatic rings. The van der Waals surface area contributed by atoms with E-state index in [0.29, 0.717) is 0 Å². The number of hydrogen-bond donors (Lipinski definition) is 1. The van der Waals surface area contributed by atoms with Gasteiger partial charge in [-0.1, -0.05) is 37.6 Å². The molecule has 1 N–H and O–H groups in total. The summed E-state index contributed by atoms with van der Waals surface area (Å²) >= 11 is 5.94. The van der Waals surface area contributed by atoms with Crippen LogP contribution in [0.25, 0.3) is 0 Å². The smallest absolute Gasteiger partial charge is 0.0408 e. The van der Waals surface area contributed by atoms with Gasteiger partial charge >= 0.3 is 0 Å². The Balaban J connectivity index is 2.68. The fraction of sp³-hybridized carbons (Fsp3) is 0.500. The molecule has 0 aromatic heterocycles. The van der Waals surface area contributed by atoms with E-state index < -0.39 is 0 Å². The fourth-order valence-corrected chi connectivity index (χ4v) is 1.95. The minimum absolute atomic E-state index is 0.277. The van der Waals surface area contributed by atoms with Crippen LogP contribution in [0.2, 0.25) is 5.02 Å². The van der Waals surface area contributed by atoms with Crippen molar-refractivity contribution in [3.8, 4) is 0 Å². The topological polar surface area (TPSA) is 12.0 Å². The number of rotatable bonds is 4. The highest BCUT2D eigenvalue weighted by atomic mass is 35.5. The van der Waals surface area contributed by atoms with Gasteiger partial charge < -0.3 is 5.32 Å². The second-order valence-corrected chi connectivity index (χ2v) is 4.94. The Kier molecular flexibility index (Phi) is 3.97. The Morgan fingerprint density at radius 1 is 1.36 bits per heavy atom. The third-order valence-electron chi connectivity index (χ3n) is 2.23. The predicted octanol–water partition coefficient (Wildman–Crippen LogP) is 3.13. The molecule has 0 aliphatic heterocycles. The van der Waals surface area contributed by atoms with Crippen molar-refractivity contribution >= 4 is 11.6 Å². The van der Waals surface area contributed by atoms with Crippen molar-refractivity contribution in [3.63, 3.8) is 0 Å². The van der Waals surface area contributed by atoms with Crippen LogP contribution in [0.4, 0.5) is 0 Å². The Labute approximate surface area is 91.5 Å². The van der Waals surface area contributed by atoms with Crippen LogP contribution in [0, 0.1) is 5.41 Å². The van der Waals surface area contributed by atoms with Gasteiger partial charge in [-0.15, -0.1) is 0 Å². The van der Waals surface area contributed by atoms with Crippen molar-refractivity contribution in [2.45, 2.75) is 20.3 Å². The van der Waals surface area contributed by atoms with Gasteiger partial charge in [0.25, 0.3) is 0 Å². The van der Waals surface area contributed by atoms with Crippen LogP contribution >= 0.6 is 11.6 Å². The molecule has 1 rings (SSSR count). The van der Waals surface area contributed by atoms with Crippen molar-refractivity contribution in [1.29, 1.82) is 0 Å². The minimum Gasteiger partial charge on any atom is -0.319 e. The average Bonchev–Trinajstić information content (AvgIpc) is 2.02. The molecule has 0 saturated heterocycles. The standard InChI is InChI=1S/C12H18ClN/c1-12(2,9-14-3)8-10-5-4-6-11(13)7-10/h4-7,14H,8-9H2,1-3H3. The number of halogens is 1. The van der Waals surface area contributed by atoms with E-state index >= 15 is 0 Å². The number of benzene rings is 1. The maximum Gasteiger partial charge on any atom is 0.0408 e. The molecular weight excluding hydrogens is 194 g/mol. The van der Waals surface area contributed by atoms with E-state index in [-0.39, 0.29) is 5.41 Å². The molecule has 78 valence electrons. The van der Waals surface area contributed by atoms with E-state index in [1.165, 1.54) is 5.56 Å². The first-order valence-corrected chi connectivity index (χ1v) is 5.30. The zero-order valence-electron chi connectivity index (χ0n) is 9.10. The van der Waals surface area contributed by atoms with Crippen molar-refractivity contribution in [2.24, 2.45) is 5.41 Å². The predicted molar refractivity (Wildman–Crippen MR) is 62.9 cm³/mol. The summed E-state index contributed by atoms with van der Waals surface area (Å²) in [5, 5.41) is 4.03. The van der Waals surface area contributed by atoms with Gasteiger partial charge in [0.1, 0.15) is 0 Å². The summed E-state index contributed by atoms with van der Waals surface area (Å²) < 4.78 is 0. The van der Waals surface area contributed by atoms with Crippen molar-refractivity contribution in [1.82, 2.24) is 5.32 Å². The SMILES string of the molecule is CNCC(C)(C)Cc1cccc(Cl)c1. The van der Waals surface area contributed by atoms with Crippen LogP contribution in [-0.4, -0.2) is 13.6 Å². The Hall–Kier alpha value is -0.530. The summed E-state index contributed by atoms with van der Waals surface area (Å²) in [6.07, 6.45) is 1.05. The van der Waals surface area contributed by atoms with Crippen molar-refractivity contribution in [3.05, 3.63) is 34.9 Å². The molecular formula is C12H18ClN. The van der Waals surface area contributed by atoms with Gasteiger partial charge in [0, 0.05) is 11.6 Å². The Bertz CT molecular complexity index is 294. The number of nitrogens with one attached hydrogen (secondary N) is 1. The van der Waals surface area contributed by atoms with E-state index in [9.17, 15) is 0 Å². The third-order valence-corrected chi connectivity index (χ3v) is 2.46. The van der Waals surface area contributed by atoms with Gasteiger partial charge in [-0.25, -0.2) is 0 Å². The van der Waals surface area contributed by atoms with E-state index in [1.807, 2.05) is 25.2 Å². The molecule has 0 spiro atoms. The quantitative estimate of drug-likeness (QED) is 0.807. The van der Waals surface area contributed by atoms with Gasteiger partial charge in [-0.3, -0.25) is 0 Å². The second-order valence-electron chi connectivity index (χ2n) is 4.50. The molecule has 14 heavy (non-hydrogen) atoms. The zero-order chi connectivity index (χ0) is 10.6. The lowest BCUT2D eigenvalue weighted by Gasteiger charge is -2.24. The number of hydrogen-bond acceptors (Lipinski definition) is 1. The Morgan fingerprint density at radius 2 is 2.07 bits per heavy atom. The monoisotopic (exact) mass is 211 g/mol. The molecule has 0 amide bonds. The lowest BCUT2D eigenvalue weighted by Crippen LogP contribution is -2.28. The molecule has 0 radical (unpaired) electrons. The van der Waals surface area contributed by atoms with Crippen LogP contribution < -0.4 is 5.32 Å². The maximum atomic E-state index is 5.94. The molecule has 0 bridgehead atoms. The van der Waals surface area contributed by atoms with Crippen LogP contribution in [0.3, 0.4) is 0 Å². The summed E-state index contributed by atoms with van der Waals surface area (Å²) in [6.45, 7) is 5.52. The highest BCUT2D eigenvalue weighted by Gasteiger charge is 2.17. The Morgan fingerprint density at radius 3 is 2.64 bits per heavy atom. The normalized spacial score (nSPS) is 11.7. The molecule has 0 fully saturated rings. The van der Waals surface area contributed by atoms with Gasteiger partial charge in [0.05, 0.1) is 0 Å². The summed E-state index contributed by atoms with van der Waals surface area (Å²) in [5.74, 6) is 0. The molecule has 1 nitrogen and oxygen atoms in total. The van der Waals surface area contributed by atoms with Crippen LogP contribution in [0.1, 0.15) is 19.4 Å². The lowest BCUT2D eigenvalue weighted by molar-refractivity contribution is 0.350. The summed E-state index contributed by atoms with van der Waals surface area (Å²) in [7, 11) is 1.99. The highest BCUT2D eigenvalue weighted by Crippen LogP contribution is 2.22. The van der Waals surface area contributed by atoms with Gasteiger partial charge in [0.2, 0.25) is 0 Å². The molecule has 0 aliphatic carbocycles.